The quantitative estimate of drug-likeness (QED) is 0.640. The fourth-order valence-corrected chi connectivity index (χ4v) is 3.35. The van der Waals surface area contributed by atoms with E-state index >= 15 is 0 Å². The van der Waals surface area contributed by atoms with Crippen molar-refractivity contribution in [1.82, 2.24) is 4.90 Å². The molecule has 1 aromatic heterocycles. The van der Waals surface area contributed by atoms with Gasteiger partial charge < -0.3 is 9.52 Å². The number of carbonyl (C=O) groups excluding carboxylic acids is 1. The number of thioether (sulfide) groups is 1. The molecule has 2 heterocycles. The van der Waals surface area contributed by atoms with Crippen LogP contribution >= 0.6 is 24.0 Å². The Morgan fingerprint density at radius 1 is 1.62 bits per heavy atom. The first kappa shape index (κ1) is 15.8. The smallest absolute Gasteiger partial charge is 0.326 e. The largest absolute Gasteiger partial charge is 0.480 e. The number of hydrogen-bond acceptors (Lipinski definition) is 5. The van der Waals surface area contributed by atoms with E-state index in [0.717, 1.165) is 24.6 Å². The van der Waals surface area contributed by atoms with Crippen LogP contribution in [0.5, 0.6) is 0 Å². The fourth-order valence-electron chi connectivity index (χ4n) is 2.01. The summed E-state index contributed by atoms with van der Waals surface area (Å²) in [4.78, 5) is 25.4. The molecule has 5 nitrogen and oxygen atoms in total. The number of thiocarbonyl (C=S) groups is 1. The van der Waals surface area contributed by atoms with Gasteiger partial charge in [0.1, 0.15) is 16.1 Å². The van der Waals surface area contributed by atoms with Crippen molar-refractivity contribution in [3.8, 4) is 0 Å². The maximum absolute atomic E-state index is 12.4. The molecule has 112 valence electrons. The zero-order chi connectivity index (χ0) is 15.4. The molecule has 1 N–H and O–H groups in total. The molecule has 0 aliphatic carbocycles. The van der Waals surface area contributed by atoms with Gasteiger partial charge in [-0.2, -0.15) is 0 Å². The molecular weight excluding hydrogens is 310 g/mol. The van der Waals surface area contributed by atoms with Gasteiger partial charge in [-0.3, -0.25) is 9.69 Å². The van der Waals surface area contributed by atoms with Gasteiger partial charge >= 0.3 is 5.97 Å². The summed E-state index contributed by atoms with van der Waals surface area (Å²) in [5.41, 5.74) is 0. The maximum Gasteiger partial charge on any atom is 0.326 e. The number of aliphatic carboxylic acids is 1. The normalized spacial score (nSPS) is 18.5. The molecule has 0 aromatic carbocycles. The van der Waals surface area contributed by atoms with E-state index in [0.29, 0.717) is 17.1 Å². The second-order valence-electron chi connectivity index (χ2n) is 4.56. The van der Waals surface area contributed by atoms with Crippen LogP contribution in [0.3, 0.4) is 0 Å². The third-order valence-electron chi connectivity index (χ3n) is 3.07. The third kappa shape index (κ3) is 3.54. The Bertz CT molecular complexity index is 580. The number of carboxylic acid groups (broad SMARTS) is 1. The highest BCUT2D eigenvalue weighted by atomic mass is 32.2. The van der Waals surface area contributed by atoms with E-state index in [1.54, 1.807) is 18.2 Å². The summed E-state index contributed by atoms with van der Waals surface area (Å²) in [5, 5.41) is 9.34. The summed E-state index contributed by atoms with van der Waals surface area (Å²) in [7, 11) is 0. The number of hydrogen-bond donors (Lipinski definition) is 1. The molecule has 1 aromatic rings. The van der Waals surface area contributed by atoms with Gasteiger partial charge in [-0.15, -0.1) is 0 Å². The van der Waals surface area contributed by atoms with Gasteiger partial charge in [-0.1, -0.05) is 43.7 Å². The Morgan fingerprint density at radius 3 is 2.95 bits per heavy atom. The lowest BCUT2D eigenvalue weighted by Gasteiger charge is -2.22. The first-order valence-corrected chi connectivity index (χ1v) is 7.80. The molecule has 0 bridgehead atoms. The molecule has 0 spiro atoms. The topological polar surface area (TPSA) is 70.8 Å². The minimum absolute atomic E-state index is 0.279. The van der Waals surface area contributed by atoms with E-state index < -0.39 is 12.0 Å². The van der Waals surface area contributed by atoms with Crippen LogP contribution in [0.4, 0.5) is 0 Å². The SMILES string of the molecule is CCCC[C@H](C(=O)O)N1C(=O)/C(=C\c2ccco2)SC1=S. The van der Waals surface area contributed by atoms with Gasteiger partial charge in [-0.05, 0) is 18.6 Å². The van der Waals surface area contributed by atoms with Crippen molar-refractivity contribution < 1.29 is 19.1 Å². The van der Waals surface area contributed by atoms with E-state index in [-0.39, 0.29) is 10.2 Å². The molecule has 2 rings (SSSR count). The first-order valence-electron chi connectivity index (χ1n) is 6.58. The highest BCUT2D eigenvalue weighted by Gasteiger charge is 2.40. The number of unbranched alkanes of at least 4 members (excludes halogenated alkanes) is 1. The van der Waals surface area contributed by atoms with Crippen LogP contribution in [0.1, 0.15) is 31.9 Å². The minimum Gasteiger partial charge on any atom is -0.480 e. The molecule has 1 saturated heterocycles. The number of furan rings is 1. The molecule has 7 heteroatoms. The lowest BCUT2D eigenvalue weighted by Crippen LogP contribution is -2.43. The predicted octanol–water partition coefficient (Wildman–Crippen LogP) is 3.12. The van der Waals surface area contributed by atoms with Gasteiger partial charge in [0, 0.05) is 6.08 Å². The van der Waals surface area contributed by atoms with E-state index in [4.69, 9.17) is 16.6 Å². The van der Waals surface area contributed by atoms with Crippen LogP contribution in [0.15, 0.2) is 27.7 Å². The molecular formula is C14H15NO4S2. The zero-order valence-electron chi connectivity index (χ0n) is 11.4. The molecule has 21 heavy (non-hydrogen) atoms. The second kappa shape index (κ2) is 6.91. The van der Waals surface area contributed by atoms with Crippen LogP contribution in [-0.4, -0.2) is 32.2 Å². The summed E-state index contributed by atoms with van der Waals surface area (Å²) in [6, 6.07) is 2.53. The maximum atomic E-state index is 12.4. The Balaban J connectivity index is 2.22. The number of nitrogens with zero attached hydrogens (tertiary/aromatic N) is 1. The molecule has 1 amide bonds. The fraction of sp³-hybridized carbons (Fsp3) is 0.357. The third-order valence-corrected chi connectivity index (χ3v) is 4.40. The van der Waals surface area contributed by atoms with Crippen LogP contribution in [-0.2, 0) is 9.59 Å². The molecule has 1 aliphatic heterocycles. The molecule has 1 fully saturated rings. The number of carbonyl (C=O) groups is 2. The van der Waals surface area contributed by atoms with Crippen molar-refractivity contribution >= 4 is 46.3 Å². The zero-order valence-corrected chi connectivity index (χ0v) is 13.1. The summed E-state index contributed by atoms with van der Waals surface area (Å²) in [6.45, 7) is 1.97. The van der Waals surface area contributed by atoms with Crippen LogP contribution < -0.4 is 0 Å². The molecule has 0 unspecified atom stereocenters. The second-order valence-corrected chi connectivity index (χ2v) is 6.24. The molecule has 1 atom stereocenters. The van der Waals surface area contributed by atoms with E-state index in [2.05, 4.69) is 0 Å². The van der Waals surface area contributed by atoms with Crippen LogP contribution in [0, 0.1) is 0 Å². The standard InChI is InChI=1S/C14H15NO4S2/c1-2-3-6-10(13(17)18)15-12(16)11(21-14(15)20)8-9-5-4-7-19-9/h4-5,7-8,10H,2-3,6H2,1H3,(H,17,18)/b11-8+/t10-/m1/s1. The van der Waals surface area contributed by atoms with Crippen molar-refractivity contribution in [3.63, 3.8) is 0 Å². The summed E-state index contributed by atoms with van der Waals surface area (Å²) < 4.78 is 5.45. The summed E-state index contributed by atoms with van der Waals surface area (Å²) in [6.07, 6.45) is 5.07. The van der Waals surface area contributed by atoms with Gasteiger partial charge in [0.25, 0.3) is 5.91 Å². The van der Waals surface area contributed by atoms with Crippen LogP contribution in [0.2, 0.25) is 0 Å². The molecule has 0 saturated carbocycles. The van der Waals surface area contributed by atoms with Gasteiger partial charge in [0.15, 0.2) is 0 Å². The summed E-state index contributed by atoms with van der Waals surface area (Å²) in [5.74, 6) is -0.861. The lowest BCUT2D eigenvalue weighted by molar-refractivity contribution is -0.145. The number of rotatable bonds is 6. The Hall–Kier alpha value is -1.60. The highest BCUT2D eigenvalue weighted by Crippen LogP contribution is 2.35. The molecule has 1 aliphatic rings. The van der Waals surface area contributed by atoms with Crippen molar-refractivity contribution in [2.75, 3.05) is 0 Å². The van der Waals surface area contributed by atoms with Crippen molar-refractivity contribution in [3.05, 3.63) is 29.1 Å². The summed E-state index contributed by atoms with van der Waals surface area (Å²) >= 11 is 6.27. The average Bonchev–Trinajstić information content (AvgIpc) is 3.02. The average molecular weight is 325 g/mol. The van der Waals surface area contributed by atoms with Crippen molar-refractivity contribution in [1.29, 1.82) is 0 Å². The lowest BCUT2D eigenvalue weighted by atomic mass is 10.1. The van der Waals surface area contributed by atoms with E-state index in [1.165, 1.54) is 11.2 Å². The monoisotopic (exact) mass is 325 g/mol. The first-order chi connectivity index (χ1) is 10.0. The minimum atomic E-state index is -1.03. The Kier molecular flexibility index (Phi) is 5.19. The Morgan fingerprint density at radius 2 is 2.38 bits per heavy atom. The van der Waals surface area contributed by atoms with Crippen molar-refractivity contribution in [2.45, 2.75) is 32.2 Å². The number of carboxylic acids is 1. The number of amides is 1. The Labute approximate surface area is 132 Å². The van der Waals surface area contributed by atoms with Gasteiger partial charge in [0.2, 0.25) is 0 Å². The predicted molar refractivity (Wildman–Crippen MR) is 84.7 cm³/mol. The van der Waals surface area contributed by atoms with Crippen LogP contribution in [0.25, 0.3) is 6.08 Å². The van der Waals surface area contributed by atoms with Gasteiger partial charge in [0.05, 0.1) is 11.2 Å². The molecule has 0 radical (unpaired) electrons. The highest BCUT2D eigenvalue weighted by molar-refractivity contribution is 8.26. The van der Waals surface area contributed by atoms with Gasteiger partial charge in [-0.25, -0.2) is 4.79 Å². The van der Waals surface area contributed by atoms with E-state index in [1.807, 2.05) is 6.92 Å². The van der Waals surface area contributed by atoms with Crippen molar-refractivity contribution in [2.24, 2.45) is 0 Å². The van der Waals surface area contributed by atoms with E-state index in [9.17, 15) is 14.7 Å².